The minimum atomic E-state index is 0.111. The van der Waals surface area contributed by atoms with Gasteiger partial charge in [0.15, 0.2) is 0 Å². The first-order valence-corrected chi connectivity index (χ1v) is 8.33. The summed E-state index contributed by atoms with van der Waals surface area (Å²) in [4.78, 5) is 1.34. The molecule has 1 aliphatic rings. The smallest absolute Gasteiger partial charge is 0.0805 e. The number of nitrogens with one attached hydrogen (secondary N) is 1. The second-order valence-corrected chi connectivity index (χ2v) is 6.51. The molecule has 1 unspecified atom stereocenters. The van der Waals surface area contributed by atoms with Crippen molar-refractivity contribution in [1.29, 1.82) is 0 Å². The summed E-state index contributed by atoms with van der Waals surface area (Å²) in [7, 11) is 0. The third kappa shape index (κ3) is 2.53. The molecule has 1 aromatic heterocycles. The number of nitrogens with two attached hydrogens (primary N) is 1. The van der Waals surface area contributed by atoms with E-state index in [9.17, 15) is 0 Å². The van der Waals surface area contributed by atoms with Crippen LogP contribution < -0.4 is 11.3 Å². The number of rotatable bonds is 5. The van der Waals surface area contributed by atoms with E-state index in [0.717, 1.165) is 12.3 Å². The lowest BCUT2D eigenvalue weighted by Crippen LogP contribution is -2.28. The molecule has 0 bridgehead atoms. The van der Waals surface area contributed by atoms with Gasteiger partial charge in [0, 0.05) is 4.88 Å². The number of hydrogen-bond acceptors (Lipinski definition) is 3. The molecule has 1 aliphatic carbocycles. The lowest BCUT2D eigenvalue weighted by molar-refractivity contribution is 0.419. The topological polar surface area (TPSA) is 38.0 Å². The number of benzene rings is 1. The highest BCUT2D eigenvalue weighted by molar-refractivity contribution is 7.10. The van der Waals surface area contributed by atoms with E-state index in [1.807, 2.05) is 0 Å². The van der Waals surface area contributed by atoms with Gasteiger partial charge in [0.2, 0.25) is 0 Å². The quantitative estimate of drug-likeness (QED) is 0.640. The Balaban J connectivity index is 1.85. The zero-order valence-corrected chi connectivity index (χ0v) is 12.7. The maximum Gasteiger partial charge on any atom is 0.0805 e. The summed E-state index contributed by atoms with van der Waals surface area (Å²) in [6.45, 7) is 2.19. The van der Waals surface area contributed by atoms with Crippen LogP contribution in [0.3, 0.4) is 0 Å². The third-order valence-electron chi connectivity index (χ3n) is 4.44. The fourth-order valence-corrected chi connectivity index (χ4v) is 4.00. The predicted octanol–water partition coefficient (Wildman–Crippen LogP) is 4.13. The molecule has 0 saturated heterocycles. The van der Waals surface area contributed by atoms with Gasteiger partial charge in [-0.2, -0.15) is 0 Å². The molecule has 3 rings (SSSR count). The predicted molar refractivity (Wildman–Crippen MR) is 85.9 cm³/mol. The van der Waals surface area contributed by atoms with E-state index in [0.29, 0.717) is 0 Å². The molecular weight excluding hydrogens is 264 g/mol. The fraction of sp³-hybridized carbons (Fsp3) is 0.412. The number of hydrazine groups is 1. The zero-order chi connectivity index (χ0) is 13.9. The Morgan fingerprint density at radius 3 is 2.55 bits per heavy atom. The van der Waals surface area contributed by atoms with Gasteiger partial charge in [-0.25, -0.2) is 5.43 Å². The van der Waals surface area contributed by atoms with Crippen LogP contribution in [0.5, 0.6) is 0 Å². The van der Waals surface area contributed by atoms with Crippen molar-refractivity contribution in [2.75, 3.05) is 0 Å². The van der Waals surface area contributed by atoms with Gasteiger partial charge in [0.05, 0.1) is 6.04 Å². The Kier molecular flexibility index (Phi) is 4.20. The number of hydrogen-bond donors (Lipinski definition) is 2. The average Bonchev–Trinajstić information content (AvgIpc) is 2.88. The second-order valence-electron chi connectivity index (χ2n) is 5.56. The monoisotopic (exact) mass is 286 g/mol. The average molecular weight is 286 g/mol. The largest absolute Gasteiger partial charge is 0.271 e. The Hall–Kier alpha value is -1.16. The van der Waals surface area contributed by atoms with Crippen LogP contribution >= 0.6 is 11.3 Å². The summed E-state index contributed by atoms with van der Waals surface area (Å²) < 4.78 is 0. The summed E-state index contributed by atoms with van der Waals surface area (Å²) in [6, 6.07) is 11.3. The van der Waals surface area contributed by atoms with Crippen LogP contribution in [0.4, 0.5) is 0 Å². The molecular formula is C17H22N2S. The van der Waals surface area contributed by atoms with Crippen LogP contribution in [0, 0.1) is 0 Å². The highest BCUT2D eigenvalue weighted by atomic mass is 32.1. The maximum atomic E-state index is 5.81. The van der Waals surface area contributed by atoms with Crippen molar-refractivity contribution in [1.82, 2.24) is 5.43 Å². The Labute approximate surface area is 125 Å². The van der Waals surface area contributed by atoms with Gasteiger partial charge >= 0.3 is 0 Å². The summed E-state index contributed by atoms with van der Waals surface area (Å²) >= 11 is 1.79. The van der Waals surface area contributed by atoms with Crippen molar-refractivity contribution < 1.29 is 0 Å². The maximum absolute atomic E-state index is 5.81. The van der Waals surface area contributed by atoms with Crippen LogP contribution in [0.15, 0.2) is 35.7 Å². The normalized spacial score (nSPS) is 16.9. The highest BCUT2D eigenvalue weighted by Gasteiger charge is 2.21. The summed E-state index contributed by atoms with van der Waals surface area (Å²) in [5.41, 5.74) is 7.11. The molecule has 1 saturated carbocycles. The van der Waals surface area contributed by atoms with Gasteiger partial charge in [-0.05, 0) is 53.3 Å². The minimum Gasteiger partial charge on any atom is -0.271 e. The molecule has 0 aliphatic heterocycles. The van der Waals surface area contributed by atoms with Gasteiger partial charge in [0.25, 0.3) is 0 Å². The van der Waals surface area contributed by atoms with Crippen LogP contribution in [-0.2, 0) is 6.42 Å². The van der Waals surface area contributed by atoms with Crippen molar-refractivity contribution in [3.63, 3.8) is 0 Å². The Morgan fingerprint density at radius 2 is 2.00 bits per heavy atom. The van der Waals surface area contributed by atoms with Crippen LogP contribution in [0.1, 0.15) is 59.7 Å². The van der Waals surface area contributed by atoms with Gasteiger partial charge < -0.3 is 0 Å². The van der Waals surface area contributed by atoms with Crippen molar-refractivity contribution >= 4 is 11.3 Å². The minimum absolute atomic E-state index is 0.111. The Morgan fingerprint density at radius 1 is 1.25 bits per heavy atom. The first-order valence-electron chi connectivity index (χ1n) is 7.45. The fourth-order valence-electron chi connectivity index (χ4n) is 2.92. The Bertz CT molecular complexity index is 555. The van der Waals surface area contributed by atoms with Gasteiger partial charge in [-0.1, -0.05) is 37.6 Å². The summed E-state index contributed by atoms with van der Waals surface area (Å²) in [5, 5.41) is 2.15. The van der Waals surface area contributed by atoms with Gasteiger partial charge in [-0.3, -0.25) is 5.84 Å². The van der Waals surface area contributed by atoms with Crippen LogP contribution in [-0.4, -0.2) is 0 Å². The van der Waals surface area contributed by atoms with E-state index < -0.39 is 0 Å². The van der Waals surface area contributed by atoms with Crippen molar-refractivity contribution in [3.05, 3.63) is 57.3 Å². The second kappa shape index (κ2) is 6.08. The molecule has 2 nitrogen and oxygen atoms in total. The molecule has 3 heteroatoms. The lowest BCUT2D eigenvalue weighted by Gasteiger charge is -2.26. The molecule has 1 fully saturated rings. The molecule has 2 aromatic rings. The van der Waals surface area contributed by atoms with Crippen molar-refractivity contribution in [2.45, 2.75) is 44.6 Å². The van der Waals surface area contributed by atoms with E-state index in [-0.39, 0.29) is 6.04 Å². The van der Waals surface area contributed by atoms with E-state index in [1.165, 1.54) is 40.8 Å². The summed E-state index contributed by atoms with van der Waals surface area (Å²) in [6.07, 6.45) is 5.14. The van der Waals surface area contributed by atoms with Crippen LogP contribution in [0.2, 0.25) is 0 Å². The number of thiophene rings is 1. The summed E-state index contributed by atoms with van der Waals surface area (Å²) in [5.74, 6) is 6.60. The SMILES string of the molecule is CCc1ccsc1C(NN)c1ccc(C2CCC2)cc1. The molecule has 0 amide bonds. The molecule has 1 aromatic carbocycles. The van der Waals surface area contributed by atoms with E-state index >= 15 is 0 Å². The molecule has 0 spiro atoms. The standard InChI is InChI=1S/C17H22N2S/c1-2-12-10-11-20-17(12)16(19-18)15-8-6-14(7-9-15)13-4-3-5-13/h6-11,13,16,19H,2-5,18H2,1H3. The molecule has 0 radical (unpaired) electrons. The molecule has 106 valence electrons. The molecule has 1 atom stereocenters. The molecule has 1 heterocycles. The first kappa shape index (κ1) is 13.8. The van der Waals surface area contributed by atoms with Gasteiger partial charge in [0.1, 0.15) is 0 Å². The molecule has 20 heavy (non-hydrogen) atoms. The van der Waals surface area contributed by atoms with Gasteiger partial charge in [-0.15, -0.1) is 11.3 Å². The van der Waals surface area contributed by atoms with Crippen molar-refractivity contribution in [2.24, 2.45) is 5.84 Å². The first-order chi connectivity index (χ1) is 9.83. The number of aryl methyl sites for hydroxylation is 1. The van der Waals surface area contributed by atoms with Crippen molar-refractivity contribution in [3.8, 4) is 0 Å². The van der Waals surface area contributed by atoms with E-state index in [2.05, 4.69) is 48.1 Å². The third-order valence-corrected chi connectivity index (χ3v) is 5.46. The van der Waals surface area contributed by atoms with Crippen LogP contribution in [0.25, 0.3) is 0 Å². The van der Waals surface area contributed by atoms with E-state index in [4.69, 9.17) is 5.84 Å². The molecule has 3 N–H and O–H groups in total. The highest BCUT2D eigenvalue weighted by Crippen LogP contribution is 2.37. The zero-order valence-electron chi connectivity index (χ0n) is 11.9. The van der Waals surface area contributed by atoms with E-state index in [1.54, 1.807) is 11.3 Å². The lowest BCUT2D eigenvalue weighted by atomic mass is 9.80.